The van der Waals surface area contributed by atoms with Crippen molar-refractivity contribution < 1.29 is 0 Å². The van der Waals surface area contributed by atoms with E-state index in [9.17, 15) is 0 Å². The Morgan fingerprint density at radius 1 is 1.46 bits per heavy atom. The van der Waals surface area contributed by atoms with Crippen molar-refractivity contribution >= 4 is 6.72 Å². The largest absolute Gasteiger partial charge is 0.359 e. The topological polar surface area (TPSA) is 15.6 Å². The summed E-state index contributed by atoms with van der Waals surface area (Å²) in [5, 5.41) is 0. The second-order valence-electron chi connectivity index (χ2n) is 2.74. The van der Waals surface area contributed by atoms with Crippen molar-refractivity contribution in [3.8, 4) is 0 Å². The monoisotopic (exact) mass is 180 g/mol. The van der Waals surface area contributed by atoms with Crippen LogP contribution in [-0.4, -0.2) is 25.2 Å². The van der Waals surface area contributed by atoms with Gasteiger partial charge in [0.25, 0.3) is 0 Å². The standard InChI is InChI=1S/C9H14N2.C2H6/c1-4-8-6-5-7-11(3)9(8)10-2;1-2/h4H,1-2,5-7H2,3H3;1-2H3. The van der Waals surface area contributed by atoms with Gasteiger partial charge in [-0.2, -0.15) is 0 Å². The van der Waals surface area contributed by atoms with Crippen LogP contribution in [0.25, 0.3) is 0 Å². The lowest BCUT2D eigenvalue weighted by molar-refractivity contribution is 0.378. The van der Waals surface area contributed by atoms with Crippen molar-refractivity contribution in [3.05, 3.63) is 24.0 Å². The van der Waals surface area contributed by atoms with Crippen molar-refractivity contribution in [3.63, 3.8) is 0 Å². The van der Waals surface area contributed by atoms with Gasteiger partial charge in [0.2, 0.25) is 0 Å². The average molecular weight is 180 g/mol. The highest BCUT2D eigenvalue weighted by molar-refractivity contribution is 5.34. The van der Waals surface area contributed by atoms with E-state index in [0.29, 0.717) is 0 Å². The predicted octanol–water partition coefficient (Wildman–Crippen LogP) is 2.84. The lowest BCUT2D eigenvalue weighted by atomic mass is 10.1. The van der Waals surface area contributed by atoms with Crippen molar-refractivity contribution in [2.24, 2.45) is 4.99 Å². The zero-order chi connectivity index (χ0) is 10.3. The fourth-order valence-corrected chi connectivity index (χ4v) is 1.39. The van der Waals surface area contributed by atoms with E-state index in [1.54, 1.807) is 0 Å². The van der Waals surface area contributed by atoms with E-state index in [2.05, 4.69) is 23.2 Å². The van der Waals surface area contributed by atoms with Gasteiger partial charge in [-0.3, -0.25) is 0 Å². The molecule has 0 aromatic heterocycles. The smallest absolute Gasteiger partial charge is 0.130 e. The molecule has 0 saturated carbocycles. The van der Waals surface area contributed by atoms with Crippen LogP contribution in [0.4, 0.5) is 0 Å². The first-order valence-corrected chi connectivity index (χ1v) is 4.83. The average Bonchev–Trinajstić information content (AvgIpc) is 2.20. The molecule has 0 spiro atoms. The van der Waals surface area contributed by atoms with Crippen molar-refractivity contribution in [1.82, 2.24) is 4.90 Å². The Morgan fingerprint density at radius 3 is 2.46 bits per heavy atom. The Morgan fingerprint density at radius 2 is 2.08 bits per heavy atom. The number of rotatable bonds is 2. The van der Waals surface area contributed by atoms with Crippen LogP contribution in [0, 0.1) is 0 Å². The molecule has 0 bridgehead atoms. The van der Waals surface area contributed by atoms with Gasteiger partial charge in [-0.25, -0.2) is 4.99 Å². The minimum absolute atomic E-state index is 0.992. The lowest BCUT2D eigenvalue weighted by Gasteiger charge is -2.26. The van der Waals surface area contributed by atoms with Gasteiger partial charge in [0.15, 0.2) is 0 Å². The van der Waals surface area contributed by atoms with Crippen LogP contribution in [0.2, 0.25) is 0 Å². The highest BCUT2D eigenvalue weighted by Crippen LogP contribution is 2.21. The molecule has 2 heteroatoms. The molecule has 0 atom stereocenters. The second-order valence-corrected chi connectivity index (χ2v) is 2.74. The first kappa shape index (κ1) is 11.9. The molecular formula is C11H20N2. The molecule has 13 heavy (non-hydrogen) atoms. The van der Waals surface area contributed by atoms with E-state index >= 15 is 0 Å². The highest BCUT2D eigenvalue weighted by atomic mass is 15.2. The van der Waals surface area contributed by atoms with Gasteiger partial charge in [-0.1, -0.05) is 26.5 Å². The third kappa shape index (κ3) is 3.05. The van der Waals surface area contributed by atoms with Gasteiger partial charge in [-0.05, 0) is 25.1 Å². The van der Waals surface area contributed by atoms with E-state index in [1.807, 2.05) is 27.0 Å². The van der Waals surface area contributed by atoms with Gasteiger partial charge in [0, 0.05) is 13.6 Å². The lowest BCUT2D eigenvalue weighted by Crippen LogP contribution is -2.23. The van der Waals surface area contributed by atoms with E-state index < -0.39 is 0 Å². The first-order chi connectivity index (χ1) is 6.29. The van der Waals surface area contributed by atoms with Crippen LogP contribution in [0.3, 0.4) is 0 Å². The van der Waals surface area contributed by atoms with E-state index in [4.69, 9.17) is 0 Å². The van der Waals surface area contributed by atoms with Crippen molar-refractivity contribution in [2.75, 3.05) is 13.6 Å². The number of hydrogen-bond donors (Lipinski definition) is 0. The summed E-state index contributed by atoms with van der Waals surface area (Å²) in [6, 6.07) is 0. The van der Waals surface area contributed by atoms with Crippen LogP contribution in [0.5, 0.6) is 0 Å². The van der Waals surface area contributed by atoms with Crippen LogP contribution >= 0.6 is 0 Å². The number of allylic oxidation sites excluding steroid dienone is 2. The van der Waals surface area contributed by atoms with Gasteiger partial charge in [0.1, 0.15) is 5.82 Å². The molecule has 1 aliphatic heterocycles. The molecule has 0 unspecified atom stereocenters. The van der Waals surface area contributed by atoms with Crippen LogP contribution in [0.15, 0.2) is 29.0 Å². The normalized spacial score (nSPS) is 16.1. The van der Waals surface area contributed by atoms with E-state index in [0.717, 1.165) is 18.8 Å². The summed E-state index contributed by atoms with van der Waals surface area (Å²) in [4.78, 5) is 6.08. The zero-order valence-corrected chi connectivity index (χ0v) is 9.01. The molecule has 0 N–H and O–H groups in total. The fourth-order valence-electron chi connectivity index (χ4n) is 1.39. The van der Waals surface area contributed by atoms with Crippen LogP contribution in [-0.2, 0) is 0 Å². The van der Waals surface area contributed by atoms with Gasteiger partial charge in [-0.15, -0.1) is 0 Å². The van der Waals surface area contributed by atoms with Crippen LogP contribution in [0.1, 0.15) is 26.7 Å². The summed E-state index contributed by atoms with van der Waals surface area (Å²) in [6.45, 7) is 12.4. The van der Waals surface area contributed by atoms with Gasteiger partial charge in [0.05, 0.1) is 0 Å². The highest BCUT2D eigenvalue weighted by Gasteiger charge is 2.12. The molecule has 2 nitrogen and oxygen atoms in total. The summed E-state index contributed by atoms with van der Waals surface area (Å²) >= 11 is 0. The molecule has 0 aromatic rings. The third-order valence-corrected chi connectivity index (χ3v) is 1.98. The Bertz CT molecular complexity index is 204. The van der Waals surface area contributed by atoms with E-state index in [1.165, 1.54) is 12.0 Å². The maximum absolute atomic E-state index is 3.97. The Balaban J connectivity index is 0.000000671. The second kappa shape index (κ2) is 6.46. The van der Waals surface area contributed by atoms with Gasteiger partial charge < -0.3 is 4.90 Å². The molecule has 0 aromatic carbocycles. The molecule has 1 rings (SSSR count). The molecule has 0 radical (unpaired) electrons. The Labute approximate surface area is 81.7 Å². The quantitative estimate of drug-likeness (QED) is 0.597. The van der Waals surface area contributed by atoms with Crippen LogP contribution < -0.4 is 0 Å². The molecule has 0 aliphatic carbocycles. The van der Waals surface area contributed by atoms with Gasteiger partial charge >= 0.3 is 0 Å². The summed E-state index contributed by atoms with van der Waals surface area (Å²) in [7, 11) is 2.03. The SMILES string of the molecule is C=CC1=C(N=C)N(C)CCC1.CC. The molecule has 74 valence electrons. The molecular weight excluding hydrogens is 160 g/mol. The van der Waals surface area contributed by atoms with E-state index in [-0.39, 0.29) is 0 Å². The molecule has 0 amide bonds. The van der Waals surface area contributed by atoms with Crippen molar-refractivity contribution in [2.45, 2.75) is 26.7 Å². The minimum atomic E-state index is 0.992. The number of hydrogen-bond acceptors (Lipinski definition) is 2. The first-order valence-electron chi connectivity index (χ1n) is 4.83. The molecule has 1 aliphatic rings. The zero-order valence-electron chi connectivity index (χ0n) is 9.01. The predicted molar refractivity (Wildman–Crippen MR) is 60.0 cm³/mol. The van der Waals surface area contributed by atoms with Crippen molar-refractivity contribution in [1.29, 1.82) is 0 Å². The maximum Gasteiger partial charge on any atom is 0.130 e. The summed E-state index contributed by atoms with van der Waals surface area (Å²) in [6.07, 6.45) is 4.15. The Kier molecular flexibility index (Phi) is 5.94. The maximum atomic E-state index is 3.97. The molecule has 0 fully saturated rings. The molecule has 0 saturated heterocycles. The number of aliphatic imine (C=N–C) groups is 1. The number of nitrogens with zero attached hydrogens (tertiary/aromatic N) is 2. The summed E-state index contributed by atoms with van der Waals surface area (Å²) in [5.74, 6) is 0.992. The third-order valence-electron chi connectivity index (χ3n) is 1.98. The summed E-state index contributed by atoms with van der Waals surface area (Å²) in [5.41, 5.74) is 1.22. The Hall–Kier alpha value is -1.05. The fraction of sp³-hybridized carbons (Fsp3) is 0.545. The minimum Gasteiger partial charge on any atom is -0.359 e. The summed E-state index contributed by atoms with van der Waals surface area (Å²) < 4.78 is 0. The molecule has 1 heterocycles.